The average Bonchev–Trinajstić information content (AvgIpc) is 2.29. The standard InChI is InChI=1S/C13H11N3O/c1-9-5-6-10(8-14)13(16-9)17-12-4-2-3-11(15)7-12/h2-7H,15H2,1H3. The number of benzene rings is 1. The third kappa shape index (κ3) is 2.52. The highest BCUT2D eigenvalue weighted by atomic mass is 16.5. The Morgan fingerprint density at radius 2 is 2.12 bits per heavy atom. The quantitative estimate of drug-likeness (QED) is 0.797. The summed E-state index contributed by atoms with van der Waals surface area (Å²) in [6.45, 7) is 1.84. The molecule has 2 N–H and O–H groups in total. The second-order valence-corrected chi connectivity index (χ2v) is 3.59. The summed E-state index contributed by atoms with van der Waals surface area (Å²) in [4.78, 5) is 4.18. The fourth-order valence-corrected chi connectivity index (χ4v) is 1.39. The summed E-state index contributed by atoms with van der Waals surface area (Å²) < 4.78 is 5.55. The van der Waals surface area contributed by atoms with E-state index in [9.17, 15) is 0 Å². The Kier molecular flexibility index (Phi) is 2.93. The largest absolute Gasteiger partial charge is 0.438 e. The van der Waals surface area contributed by atoms with Crippen LogP contribution in [-0.4, -0.2) is 4.98 Å². The second kappa shape index (κ2) is 4.54. The molecule has 0 spiro atoms. The zero-order valence-corrected chi connectivity index (χ0v) is 9.34. The predicted octanol–water partition coefficient (Wildman–Crippen LogP) is 2.64. The molecule has 1 aromatic heterocycles. The van der Waals surface area contributed by atoms with Gasteiger partial charge in [0.1, 0.15) is 17.4 Å². The van der Waals surface area contributed by atoms with E-state index in [1.54, 1.807) is 36.4 Å². The molecular weight excluding hydrogens is 214 g/mol. The number of nitrogens with two attached hydrogens (primary N) is 1. The van der Waals surface area contributed by atoms with Crippen molar-refractivity contribution >= 4 is 5.69 Å². The van der Waals surface area contributed by atoms with Crippen molar-refractivity contribution in [3.05, 3.63) is 47.7 Å². The minimum absolute atomic E-state index is 0.304. The van der Waals surface area contributed by atoms with E-state index in [-0.39, 0.29) is 0 Å². The topological polar surface area (TPSA) is 71.9 Å². The Hall–Kier alpha value is -2.54. The molecule has 0 unspecified atom stereocenters. The highest BCUT2D eigenvalue weighted by Crippen LogP contribution is 2.24. The summed E-state index contributed by atoms with van der Waals surface area (Å²) in [6, 6.07) is 12.5. The third-order valence-corrected chi connectivity index (χ3v) is 2.19. The number of aromatic nitrogens is 1. The number of hydrogen-bond acceptors (Lipinski definition) is 4. The first-order chi connectivity index (χ1) is 8.19. The van der Waals surface area contributed by atoms with Gasteiger partial charge in [-0.1, -0.05) is 6.07 Å². The van der Waals surface area contributed by atoms with Gasteiger partial charge in [0.05, 0.1) is 0 Å². The molecule has 0 saturated carbocycles. The van der Waals surface area contributed by atoms with E-state index in [4.69, 9.17) is 15.7 Å². The van der Waals surface area contributed by atoms with E-state index in [1.165, 1.54) is 0 Å². The lowest BCUT2D eigenvalue weighted by atomic mass is 10.2. The van der Waals surface area contributed by atoms with Crippen molar-refractivity contribution < 1.29 is 4.74 Å². The number of ether oxygens (including phenoxy) is 1. The zero-order chi connectivity index (χ0) is 12.3. The Labute approximate surface area is 99.3 Å². The number of nitrogens with zero attached hydrogens (tertiary/aromatic N) is 2. The molecule has 2 aromatic rings. The lowest BCUT2D eigenvalue weighted by Crippen LogP contribution is -1.94. The maximum atomic E-state index is 8.95. The van der Waals surface area contributed by atoms with Gasteiger partial charge in [-0.25, -0.2) is 4.98 Å². The Morgan fingerprint density at radius 3 is 2.82 bits per heavy atom. The number of hydrogen-bond donors (Lipinski definition) is 1. The summed E-state index contributed by atoms with van der Waals surface area (Å²) in [7, 11) is 0. The summed E-state index contributed by atoms with van der Waals surface area (Å²) >= 11 is 0. The molecule has 0 atom stereocenters. The fourth-order valence-electron chi connectivity index (χ4n) is 1.39. The number of pyridine rings is 1. The molecule has 1 aromatic carbocycles. The molecule has 17 heavy (non-hydrogen) atoms. The molecule has 4 heteroatoms. The lowest BCUT2D eigenvalue weighted by Gasteiger charge is -2.07. The van der Waals surface area contributed by atoms with Crippen LogP contribution in [0.3, 0.4) is 0 Å². The first kappa shape index (κ1) is 11.0. The molecule has 84 valence electrons. The number of anilines is 1. The molecule has 4 nitrogen and oxygen atoms in total. The molecule has 0 bridgehead atoms. The highest BCUT2D eigenvalue weighted by Gasteiger charge is 2.06. The Balaban J connectivity index is 2.36. The van der Waals surface area contributed by atoms with E-state index >= 15 is 0 Å². The van der Waals surface area contributed by atoms with Crippen molar-refractivity contribution in [1.29, 1.82) is 5.26 Å². The maximum Gasteiger partial charge on any atom is 0.237 e. The van der Waals surface area contributed by atoms with Crippen molar-refractivity contribution in [2.24, 2.45) is 0 Å². The number of nitriles is 1. The van der Waals surface area contributed by atoms with Crippen LogP contribution < -0.4 is 10.5 Å². The average molecular weight is 225 g/mol. The van der Waals surface area contributed by atoms with Crippen LogP contribution in [0.25, 0.3) is 0 Å². The van der Waals surface area contributed by atoms with Gasteiger partial charge < -0.3 is 10.5 Å². The first-order valence-corrected chi connectivity index (χ1v) is 5.10. The van der Waals surface area contributed by atoms with E-state index in [0.29, 0.717) is 22.9 Å². The molecule has 0 aliphatic carbocycles. The van der Waals surface area contributed by atoms with Crippen LogP contribution in [0, 0.1) is 18.3 Å². The van der Waals surface area contributed by atoms with E-state index in [1.807, 2.05) is 13.0 Å². The van der Waals surface area contributed by atoms with Crippen LogP contribution in [0.15, 0.2) is 36.4 Å². The van der Waals surface area contributed by atoms with Crippen molar-refractivity contribution in [3.8, 4) is 17.7 Å². The Morgan fingerprint density at radius 1 is 1.29 bits per heavy atom. The second-order valence-electron chi connectivity index (χ2n) is 3.59. The van der Waals surface area contributed by atoms with E-state index in [0.717, 1.165) is 5.69 Å². The lowest BCUT2D eigenvalue weighted by molar-refractivity contribution is 0.460. The minimum atomic E-state index is 0.304. The van der Waals surface area contributed by atoms with Gasteiger partial charge in [-0.3, -0.25) is 0 Å². The van der Waals surface area contributed by atoms with Crippen molar-refractivity contribution in [2.75, 3.05) is 5.73 Å². The van der Waals surface area contributed by atoms with Gasteiger partial charge in [0.2, 0.25) is 5.88 Å². The molecule has 1 heterocycles. The van der Waals surface area contributed by atoms with Gasteiger partial charge in [-0.15, -0.1) is 0 Å². The van der Waals surface area contributed by atoms with E-state index < -0.39 is 0 Å². The molecule has 0 aliphatic heterocycles. The van der Waals surface area contributed by atoms with Crippen LogP contribution in [0.1, 0.15) is 11.3 Å². The number of nitrogen functional groups attached to an aromatic ring is 1. The molecule has 2 rings (SSSR count). The summed E-state index contributed by atoms with van der Waals surface area (Å²) in [5, 5.41) is 8.95. The van der Waals surface area contributed by atoms with Gasteiger partial charge in [-0.2, -0.15) is 5.26 Å². The molecule has 0 fully saturated rings. The molecular formula is C13H11N3O. The number of aryl methyl sites for hydroxylation is 1. The predicted molar refractivity (Wildman–Crippen MR) is 64.6 cm³/mol. The van der Waals surface area contributed by atoms with Crippen LogP contribution in [-0.2, 0) is 0 Å². The molecule has 0 amide bonds. The molecule has 0 aliphatic rings. The summed E-state index contributed by atoms with van der Waals surface area (Å²) in [5.41, 5.74) is 7.45. The van der Waals surface area contributed by atoms with Crippen LogP contribution in [0.4, 0.5) is 5.69 Å². The summed E-state index contributed by atoms with van der Waals surface area (Å²) in [5.74, 6) is 0.873. The third-order valence-electron chi connectivity index (χ3n) is 2.19. The van der Waals surface area contributed by atoms with Crippen LogP contribution >= 0.6 is 0 Å². The van der Waals surface area contributed by atoms with Crippen LogP contribution in [0.2, 0.25) is 0 Å². The Bertz CT molecular complexity index is 587. The first-order valence-electron chi connectivity index (χ1n) is 5.10. The van der Waals surface area contributed by atoms with Gasteiger partial charge in [0, 0.05) is 17.4 Å². The zero-order valence-electron chi connectivity index (χ0n) is 9.34. The van der Waals surface area contributed by atoms with Gasteiger partial charge in [0.15, 0.2) is 0 Å². The molecule has 0 radical (unpaired) electrons. The normalized spacial score (nSPS) is 9.65. The summed E-state index contributed by atoms with van der Waals surface area (Å²) in [6.07, 6.45) is 0. The van der Waals surface area contributed by atoms with Crippen molar-refractivity contribution in [3.63, 3.8) is 0 Å². The number of rotatable bonds is 2. The van der Waals surface area contributed by atoms with Gasteiger partial charge >= 0.3 is 0 Å². The van der Waals surface area contributed by atoms with Gasteiger partial charge in [-0.05, 0) is 31.2 Å². The van der Waals surface area contributed by atoms with Crippen molar-refractivity contribution in [1.82, 2.24) is 4.98 Å². The van der Waals surface area contributed by atoms with Crippen molar-refractivity contribution in [2.45, 2.75) is 6.92 Å². The smallest absolute Gasteiger partial charge is 0.237 e. The highest BCUT2D eigenvalue weighted by molar-refractivity contribution is 5.46. The van der Waals surface area contributed by atoms with Crippen LogP contribution in [0.5, 0.6) is 11.6 Å². The maximum absolute atomic E-state index is 8.95. The minimum Gasteiger partial charge on any atom is -0.438 e. The van der Waals surface area contributed by atoms with Gasteiger partial charge in [0.25, 0.3) is 0 Å². The fraction of sp³-hybridized carbons (Fsp3) is 0.0769. The van der Waals surface area contributed by atoms with E-state index in [2.05, 4.69) is 4.98 Å². The molecule has 0 saturated heterocycles. The SMILES string of the molecule is Cc1ccc(C#N)c(Oc2cccc(N)c2)n1. The monoisotopic (exact) mass is 225 g/mol.